The fraction of sp³-hybridized carbons (Fsp3) is 0.333. The summed E-state index contributed by atoms with van der Waals surface area (Å²) in [5.74, 6) is -2.21. The van der Waals surface area contributed by atoms with E-state index in [4.69, 9.17) is 0 Å². The molecule has 27 heavy (non-hydrogen) atoms. The molecule has 1 aromatic carbocycles. The number of hydrogen-bond donors (Lipinski definition) is 2. The molecule has 3 rings (SSSR count). The molecule has 144 valence electrons. The zero-order chi connectivity index (χ0) is 19.8. The quantitative estimate of drug-likeness (QED) is 0.794. The van der Waals surface area contributed by atoms with Gasteiger partial charge in [-0.1, -0.05) is 12.1 Å². The van der Waals surface area contributed by atoms with E-state index < -0.39 is 41.8 Å². The lowest BCUT2D eigenvalue weighted by atomic mass is 9.81. The Balaban J connectivity index is 1.85. The molecule has 2 atom stereocenters. The van der Waals surface area contributed by atoms with Gasteiger partial charge in [0.1, 0.15) is 5.82 Å². The molecule has 0 radical (unpaired) electrons. The first-order valence-electron chi connectivity index (χ1n) is 8.09. The number of hydrogen-bond acceptors (Lipinski definition) is 3. The second kappa shape index (κ2) is 6.88. The van der Waals surface area contributed by atoms with Crippen molar-refractivity contribution < 1.29 is 31.9 Å². The van der Waals surface area contributed by atoms with Crippen molar-refractivity contribution >= 4 is 5.91 Å². The fourth-order valence-electron chi connectivity index (χ4n) is 3.14. The topological polar surface area (TPSA) is 62.2 Å². The van der Waals surface area contributed by atoms with E-state index in [1.54, 1.807) is 0 Å². The number of alkyl halides is 4. The number of rotatable bonds is 3. The van der Waals surface area contributed by atoms with Crippen molar-refractivity contribution in [1.29, 1.82) is 0 Å². The van der Waals surface area contributed by atoms with Crippen molar-refractivity contribution in [3.05, 3.63) is 64.7 Å². The van der Waals surface area contributed by atoms with Gasteiger partial charge in [-0.15, -0.1) is 0 Å². The molecule has 0 unspecified atom stereocenters. The van der Waals surface area contributed by atoms with Gasteiger partial charge in [0.25, 0.3) is 5.91 Å². The summed E-state index contributed by atoms with van der Waals surface area (Å²) in [6.45, 7) is -0.627. The van der Waals surface area contributed by atoms with E-state index in [-0.39, 0.29) is 29.7 Å². The summed E-state index contributed by atoms with van der Waals surface area (Å²) >= 11 is 0. The van der Waals surface area contributed by atoms with Gasteiger partial charge in [0.2, 0.25) is 5.67 Å². The van der Waals surface area contributed by atoms with Crippen molar-refractivity contribution in [3.63, 3.8) is 0 Å². The Morgan fingerprint density at radius 3 is 2.78 bits per heavy atom. The highest BCUT2D eigenvalue weighted by Crippen LogP contribution is 2.42. The molecular weight excluding hydrogens is 371 g/mol. The van der Waals surface area contributed by atoms with E-state index in [0.717, 1.165) is 12.1 Å². The highest BCUT2D eigenvalue weighted by molar-refractivity contribution is 5.87. The third kappa shape index (κ3) is 3.64. The standard InChI is InChI=1S/C18H15F5N2O2/c19-11-4-3-10(13(8-11)18(21,22)23)9-25-16(27)17(20)6-5-14(26)15-12(17)2-1-7-24-15/h1-4,7-8,14,26H,5-6,9H2,(H,25,27)/t14-,17+/m1/s1. The highest BCUT2D eigenvalue weighted by Gasteiger charge is 2.46. The number of aliphatic hydroxyl groups excluding tert-OH is 1. The smallest absolute Gasteiger partial charge is 0.387 e. The van der Waals surface area contributed by atoms with Gasteiger partial charge in [-0.2, -0.15) is 13.2 Å². The van der Waals surface area contributed by atoms with E-state index >= 15 is 4.39 Å². The van der Waals surface area contributed by atoms with Crippen LogP contribution >= 0.6 is 0 Å². The summed E-state index contributed by atoms with van der Waals surface area (Å²) in [6.07, 6.45) is -4.89. The van der Waals surface area contributed by atoms with Crippen LogP contribution in [0.1, 0.15) is 41.3 Å². The van der Waals surface area contributed by atoms with Crippen molar-refractivity contribution in [2.75, 3.05) is 0 Å². The molecule has 1 heterocycles. The molecule has 4 nitrogen and oxygen atoms in total. The number of pyridine rings is 1. The van der Waals surface area contributed by atoms with Gasteiger partial charge in [-0.05, 0) is 36.6 Å². The molecular formula is C18H15F5N2O2. The molecule has 1 amide bonds. The number of halogens is 5. The molecule has 0 bridgehead atoms. The lowest BCUT2D eigenvalue weighted by molar-refractivity contribution is -0.139. The molecule has 2 N–H and O–H groups in total. The minimum Gasteiger partial charge on any atom is -0.387 e. The van der Waals surface area contributed by atoms with Crippen molar-refractivity contribution in [2.24, 2.45) is 0 Å². The van der Waals surface area contributed by atoms with E-state index in [0.29, 0.717) is 6.07 Å². The number of aromatic nitrogens is 1. The highest BCUT2D eigenvalue weighted by atomic mass is 19.4. The third-order valence-corrected chi connectivity index (χ3v) is 4.52. The lowest BCUT2D eigenvalue weighted by Crippen LogP contribution is -2.44. The Bertz CT molecular complexity index is 871. The Kier molecular flexibility index (Phi) is 4.90. The molecule has 0 spiro atoms. The first kappa shape index (κ1) is 19.2. The third-order valence-electron chi connectivity index (χ3n) is 4.52. The zero-order valence-electron chi connectivity index (χ0n) is 13.9. The number of fused-ring (bicyclic) bond motifs is 1. The van der Waals surface area contributed by atoms with Crippen molar-refractivity contribution in [3.8, 4) is 0 Å². The average molecular weight is 386 g/mol. The number of benzene rings is 1. The molecule has 1 aromatic heterocycles. The van der Waals surface area contributed by atoms with Gasteiger partial charge in [0.05, 0.1) is 17.4 Å². The number of amides is 1. The van der Waals surface area contributed by atoms with Crippen molar-refractivity contribution in [2.45, 2.75) is 37.3 Å². The first-order valence-corrected chi connectivity index (χ1v) is 8.09. The van der Waals surface area contributed by atoms with Crippen LogP contribution in [0, 0.1) is 5.82 Å². The number of nitrogens with one attached hydrogen (secondary N) is 1. The lowest BCUT2D eigenvalue weighted by Gasteiger charge is -2.32. The summed E-state index contributed by atoms with van der Waals surface area (Å²) < 4.78 is 67.6. The predicted octanol–water partition coefficient (Wildman–Crippen LogP) is 3.55. The van der Waals surface area contributed by atoms with Crippen molar-refractivity contribution in [1.82, 2.24) is 10.3 Å². The Morgan fingerprint density at radius 1 is 1.33 bits per heavy atom. The molecule has 9 heteroatoms. The van der Waals surface area contributed by atoms with Crippen LogP contribution in [0.15, 0.2) is 36.5 Å². The maximum Gasteiger partial charge on any atom is 0.416 e. The number of carbonyl (C=O) groups is 1. The molecule has 1 aliphatic rings. The summed E-state index contributed by atoms with van der Waals surface area (Å²) in [4.78, 5) is 16.3. The maximum absolute atomic E-state index is 15.4. The second-order valence-corrected chi connectivity index (χ2v) is 6.27. The average Bonchev–Trinajstić information content (AvgIpc) is 2.63. The van der Waals surface area contributed by atoms with Crippen LogP contribution in [-0.4, -0.2) is 16.0 Å². The molecule has 0 saturated heterocycles. The Hall–Kier alpha value is -2.55. The van der Waals surface area contributed by atoms with Gasteiger partial charge >= 0.3 is 6.18 Å². The molecule has 2 aromatic rings. The van der Waals surface area contributed by atoms with Crippen LogP contribution in [0.5, 0.6) is 0 Å². The van der Waals surface area contributed by atoms with Gasteiger partial charge in [-0.3, -0.25) is 9.78 Å². The van der Waals surface area contributed by atoms with Gasteiger partial charge in [0.15, 0.2) is 0 Å². The second-order valence-electron chi connectivity index (χ2n) is 6.27. The van der Waals surface area contributed by atoms with E-state index in [9.17, 15) is 27.5 Å². The van der Waals surface area contributed by atoms with Gasteiger partial charge in [0, 0.05) is 18.3 Å². The van der Waals surface area contributed by atoms with Crippen LogP contribution in [0.3, 0.4) is 0 Å². The summed E-state index contributed by atoms with van der Waals surface area (Å²) in [5, 5.41) is 12.1. The normalized spacial score (nSPS) is 22.2. The summed E-state index contributed by atoms with van der Waals surface area (Å²) in [6, 6.07) is 4.76. The monoisotopic (exact) mass is 386 g/mol. The van der Waals surface area contributed by atoms with Gasteiger partial charge < -0.3 is 10.4 Å². The van der Waals surface area contributed by atoms with Crippen LogP contribution in [0.4, 0.5) is 22.0 Å². The predicted molar refractivity (Wildman–Crippen MR) is 84.5 cm³/mol. The van der Waals surface area contributed by atoms with E-state index in [1.165, 1.54) is 18.3 Å². The van der Waals surface area contributed by atoms with Gasteiger partial charge in [-0.25, -0.2) is 8.78 Å². The minimum absolute atomic E-state index is 0.0270. The molecule has 1 aliphatic carbocycles. The SMILES string of the molecule is O=C(NCc1ccc(F)cc1C(F)(F)F)[C@]1(F)CC[C@@H](O)c2ncccc21. The van der Waals surface area contributed by atoms with E-state index in [1.807, 2.05) is 0 Å². The number of nitrogens with zero attached hydrogens (tertiary/aromatic N) is 1. The maximum atomic E-state index is 15.4. The van der Waals surface area contributed by atoms with Crippen LogP contribution < -0.4 is 5.32 Å². The van der Waals surface area contributed by atoms with Crippen LogP contribution in [-0.2, 0) is 23.2 Å². The number of aliphatic hydroxyl groups is 1. The summed E-state index contributed by atoms with van der Waals surface area (Å²) in [5.41, 5.74) is -4.24. The fourth-order valence-corrected chi connectivity index (χ4v) is 3.14. The molecule has 0 fully saturated rings. The summed E-state index contributed by atoms with van der Waals surface area (Å²) in [7, 11) is 0. The Labute approximate surface area is 151 Å². The molecule has 0 aliphatic heterocycles. The molecule has 0 saturated carbocycles. The van der Waals surface area contributed by atoms with Crippen LogP contribution in [0.2, 0.25) is 0 Å². The van der Waals surface area contributed by atoms with E-state index in [2.05, 4.69) is 10.3 Å². The first-order chi connectivity index (χ1) is 12.6. The van der Waals surface area contributed by atoms with Crippen LogP contribution in [0.25, 0.3) is 0 Å². The Morgan fingerprint density at radius 2 is 2.07 bits per heavy atom. The number of carbonyl (C=O) groups excluding carboxylic acids is 1. The minimum atomic E-state index is -4.82. The largest absolute Gasteiger partial charge is 0.416 e. The zero-order valence-corrected chi connectivity index (χ0v) is 13.9.